The van der Waals surface area contributed by atoms with Crippen molar-refractivity contribution in [3.8, 4) is 0 Å². The van der Waals surface area contributed by atoms with Crippen LogP contribution in [0.5, 0.6) is 0 Å². The molecule has 2 rings (SSSR count). The second-order valence-electron chi connectivity index (χ2n) is 4.78. The van der Waals surface area contributed by atoms with Gasteiger partial charge in [-0.25, -0.2) is 4.98 Å². The van der Waals surface area contributed by atoms with Gasteiger partial charge in [0.25, 0.3) is 0 Å². The van der Waals surface area contributed by atoms with E-state index in [1.807, 2.05) is 24.8 Å². The Bertz CT molecular complexity index is 436. The minimum Gasteiger partial charge on any atom is -0.377 e. The number of carbonyl (C=O) groups excluding carboxylic acids is 1. The quantitative estimate of drug-likeness (QED) is 0.913. The summed E-state index contributed by atoms with van der Waals surface area (Å²) in [5, 5.41) is 3.49. The topological polar surface area (TPSA) is 54.5 Å². The number of hydrogen-bond donors (Lipinski definition) is 1. The molecule has 1 N–H and O–H groups in total. The Kier molecular flexibility index (Phi) is 4.61. The summed E-state index contributed by atoms with van der Waals surface area (Å²) >= 11 is 5.83. The summed E-state index contributed by atoms with van der Waals surface area (Å²) in [7, 11) is 0. The normalized spacial score (nSPS) is 19.6. The first-order chi connectivity index (χ1) is 9.08. The first kappa shape index (κ1) is 14.1. The highest BCUT2D eigenvalue weighted by Gasteiger charge is 2.30. The second kappa shape index (κ2) is 6.21. The number of aromatic nitrogens is 1. The summed E-state index contributed by atoms with van der Waals surface area (Å²) in [6.45, 7) is 5.49. The molecule has 1 amide bonds. The van der Waals surface area contributed by atoms with Gasteiger partial charge in [0.1, 0.15) is 11.9 Å². The molecule has 1 aliphatic rings. The first-order valence-corrected chi connectivity index (χ1v) is 6.72. The summed E-state index contributed by atoms with van der Waals surface area (Å²) in [5.41, 5.74) is 0. The number of amides is 1. The van der Waals surface area contributed by atoms with Crippen molar-refractivity contribution in [2.24, 2.45) is 0 Å². The highest BCUT2D eigenvalue weighted by atomic mass is 35.5. The zero-order valence-corrected chi connectivity index (χ0v) is 11.9. The smallest absolute Gasteiger partial charge is 0.245 e. The number of morpholine rings is 1. The Morgan fingerprint density at radius 1 is 1.58 bits per heavy atom. The monoisotopic (exact) mass is 283 g/mol. The fourth-order valence-corrected chi connectivity index (χ4v) is 2.13. The third-order valence-corrected chi connectivity index (χ3v) is 3.09. The van der Waals surface area contributed by atoms with Gasteiger partial charge in [-0.2, -0.15) is 0 Å². The van der Waals surface area contributed by atoms with Gasteiger partial charge >= 0.3 is 0 Å². The van der Waals surface area contributed by atoms with Crippen LogP contribution in [0.4, 0.5) is 5.82 Å². The van der Waals surface area contributed by atoms with Gasteiger partial charge in [-0.1, -0.05) is 11.6 Å². The molecule has 0 aromatic carbocycles. The van der Waals surface area contributed by atoms with Gasteiger partial charge in [0.05, 0.1) is 18.2 Å². The Morgan fingerprint density at radius 2 is 2.37 bits per heavy atom. The molecular weight excluding hydrogens is 266 g/mol. The molecule has 104 valence electrons. The van der Waals surface area contributed by atoms with Crippen LogP contribution in [0.25, 0.3) is 0 Å². The molecule has 0 spiro atoms. The van der Waals surface area contributed by atoms with Gasteiger partial charge < -0.3 is 15.0 Å². The van der Waals surface area contributed by atoms with Gasteiger partial charge in [-0.3, -0.25) is 4.79 Å². The van der Waals surface area contributed by atoms with Crippen molar-refractivity contribution in [1.29, 1.82) is 0 Å². The van der Waals surface area contributed by atoms with Crippen LogP contribution in [0, 0.1) is 0 Å². The van der Waals surface area contributed by atoms with Crippen LogP contribution >= 0.6 is 11.6 Å². The van der Waals surface area contributed by atoms with Crippen molar-refractivity contribution in [3.05, 3.63) is 23.4 Å². The Labute approximate surface area is 117 Å². The van der Waals surface area contributed by atoms with Crippen molar-refractivity contribution < 1.29 is 9.53 Å². The number of carbonyl (C=O) groups is 1. The van der Waals surface area contributed by atoms with E-state index in [-0.39, 0.29) is 18.0 Å². The minimum atomic E-state index is -0.343. The Balaban J connectivity index is 2.15. The van der Waals surface area contributed by atoms with Crippen molar-refractivity contribution in [2.45, 2.75) is 25.9 Å². The molecule has 1 unspecified atom stereocenters. The SMILES string of the molecule is CC(C)NC(=O)C1COCCN1c1ccc(Cl)cn1. The number of pyridine rings is 1. The minimum absolute atomic E-state index is 0.0357. The van der Waals surface area contributed by atoms with Crippen LogP contribution in [-0.4, -0.2) is 42.7 Å². The van der Waals surface area contributed by atoms with Crippen LogP contribution in [0.15, 0.2) is 18.3 Å². The second-order valence-corrected chi connectivity index (χ2v) is 5.22. The van der Waals surface area contributed by atoms with E-state index in [0.29, 0.717) is 24.8 Å². The van der Waals surface area contributed by atoms with E-state index in [0.717, 1.165) is 5.82 Å². The molecule has 0 bridgehead atoms. The van der Waals surface area contributed by atoms with E-state index < -0.39 is 0 Å². The lowest BCUT2D eigenvalue weighted by atomic mass is 10.2. The molecule has 2 heterocycles. The molecule has 0 aliphatic carbocycles. The third kappa shape index (κ3) is 3.58. The highest BCUT2D eigenvalue weighted by Crippen LogP contribution is 2.19. The van der Waals surface area contributed by atoms with E-state index in [1.54, 1.807) is 12.3 Å². The zero-order chi connectivity index (χ0) is 13.8. The van der Waals surface area contributed by atoms with E-state index in [2.05, 4.69) is 10.3 Å². The predicted molar refractivity (Wildman–Crippen MR) is 74.5 cm³/mol. The van der Waals surface area contributed by atoms with E-state index >= 15 is 0 Å². The van der Waals surface area contributed by atoms with Crippen LogP contribution < -0.4 is 10.2 Å². The average Bonchev–Trinajstić information content (AvgIpc) is 2.39. The summed E-state index contributed by atoms with van der Waals surface area (Å²) in [6, 6.07) is 3.36. The molecular formula is C13H18ClN3O2. The predicted octanol–water partition coefficient (Wildman–Crippen LogP) is 1.46. The zero-order valence-electron chi connectivity index (χ0n) is 11.1. The fraction of sp³-hybridized carbons (Fsp3) is 0.538. The molecule has 19 heavy (non-hydrogen) atoms. The molecule has 0 saturated carbocycles. The molecule has 1 aromatic rings. The largest absolute Gasteiger partial charge is 0.377 e. The van der Waals surface area contributed by atoms with Gasteiger partial charge in [0.15, 0.2) is 0 Å². The molecule has 6 heteroatoms. The maximum absolute atomic E-state index is 12.2. The molecule has 0 radical (unpaired) electrons. The van der Waals surface area contributed by atoms with Crippen molar-refractivity contribution in [2.75, 3.05) is 24.7 Å². The third-order valence-electron chi connectivity index (χ3n) is 2.87. The van der Waals surface area contributed by atoms with Gasteiger partial charge in [0.2, 0.25) is 5.91 Å². The summed E-state index contributed by atoms with van der Waals surface area (Å²) in [6.07, 6.45) is 1.59. The number of nitrogens with one attached hydrogen (secondary N) is 1. The first-order valence-electron chi connectivity index (χ1n) is 6.34. The lowest BCUT2D eigenvalue weighted by molar-refractivity contribution is -0.125. The molecule has 1 atom stereocenters. The van der Waals surface area contributed by atoms with Crippen molar-refractivity contribution >= 4 is 23.3 Å². The van der Waals surface area contributed by atoms with Crippen LogP contribution in [0.1, 0.15) is 13.8 Å². The lowest BCUT2D eigenvalue weighted by Gasteiger charge is -2.35. The van der Waals surface area contributed by atoms with Crippen LogP contribution in [-0.2, 0) is 9.53 Å². The van der Waals surface area contributed by atoms with E-state index in [9.17, 15) is 4.79 Å². The van der Waals surface area contributed by atoms with E-state index in [4.69, 9.17) is 16.3 Å². The van der Waals surface area contributed by atoms with Crippen LogP contribution in [0.2, 0.25) is 5.02 Å². The highest BCUT2D eigenvalue weighted by molar-refractivity contribution is 6.30. The van der Waals surface area contributed by atoms with Gasteiger partial charge in [0, 0.05) is 18.8 Å². The molecule has 5 nitrogen and oxygen atoms in total. The number of anilines is 1. The van der Waals surface area contributed by atoms with Gasteiger partial charge in [-0.15, -0.1) is 0 Å². The molecule has 1 aliphatic heterocycles. The molecule has 1 fully saturated rings. The standard InChI is InChI=1S/C13H18ClN3O2/c1-9(2)16-13(18)11-8-19-6-5-17(11)12-4-3-10(14)7-15-12/h3-4,7,9,11H,5-6,8H2,1-2H3,(H,16,18). The summed E-state index contributed by atoms with van der Waals surface area (Å²) < 4.78 is 5.40. The maximum Gasteiger partial charge on any atom is 0.245 e. The summed E-state index contributed by atoms with van der Waals surface area (Å²) in [4.78, 5) is 18.4. The lowest BCUT2D eigenvalue weighted by Crippen LogP contribution is -2.55. The Morgan fingerprint density at radius 3 is 3.00 bits per heavy atom. The number of nitrogens with zero attached hydrogens (tertiary/aromatic N) is 2. The van der Waals surface area contributed by atoms with E-state index in [1.165, 1.54) is 0 Å². The van der Waals surface area contributed by atoms with Crippen molar-refractivity contribution in [1.82, 2.24) is 10.3 Å². The molecule has 1 aromatic heterocycles. The fourth-order valence-electron chi connectivity index (χ4n) is 2.01. The Hall–Kier alpha value is -1.33. The number of ether oxygens (including phenoxy) is 1. The number of rotatable bonds is 3. The van der Waals surface area contributed by atoms with Crippen LogP contribution in [0.3, 0.4) is 0 Å². The summed E-state index contributed by atoms with van der Waals surface area (Å²) in [5.74, 6) is 0.711. The molecule has 1 saturated heterocycles. The maximum atomic E-state index is 12.2. The number of hydrogen-bond acceptors (Lipinski definition) is 4. The number of halogens is 1. The van der Waals surface area contributed by atoms with Gasteiger partial charge in [-0.05, 0) is 26.0 Å². The average molecular weight is 284 g/mol. The van der Waals surface area contributed by atoms with Crippen molar-refractivity contribution in [3.63, 3.8) is 0 Å².